The molecular weight excluding hydrogens is 273 g/mol. The van der Waals surface area contributed by atoms with Crippen LogP contribution in [0.2, 0.25) is 0 Å². The third-order valence-corrected chi connectivity index (χ3v) is 2.79. The van der Waals surface area contributed by atoms with Crippen LogP contribution in [0.4, 0.5) is 20.7 Å². The van der Waals surface area contributed by atoms with Crippen LogP contribution in [0.25, 0.3) is 0 Å². The molecule has 3 N–H and O–H groups in total. The van der Waals surface area contributed by atoms with Gasteiger partial charge < -0.3 is 11.1 Å². The molecule has 0 saturated carbocycles. The molecule has 21 heavy (non-hydrogen) atoms. The first-order chi connectivity index (χ1) is 10.1. The van der Waals surface area contributed by atoms with Crippen molar-refractivity contribution in [2.75, 3.05) is 10.4 Å². The normalized spacial score (nSPS) is 9.95. The molecule has 0 saturated heterocycles. The number of hydrogen-bond donors (Lipinski definition) is 2. The number of para-hydroxylation sites is 2. The first kappa shape index (κ1) is 14.5. The minimum absolute atomic E-state index is 0.0122. The van der Waals surface area contributed by atoms with Gasteiger partial charge in [-0.2, -0.15) is 0 Å². The highest BCUT2D eigenvalue weighted by Crippen LogP contribution is 2.26. The van der Waals surface area contributed by atoms with Gasteiger partial charge in [-0.1, -0.05) is 46.9 Å². The number of anilines is 2. The number of carbonyl (C=O) groups excluding carboxylic acids is 2. The Morgan fingerprint density at radius 1 is 1.05 bits per heavy atom. The summed E-state index contributed by atoms with van der Waals surface area (Å²) in [7, 11) is 0. The summed E-state index contributed by atoms with van der Waals surface area (Å²) in [5, 5.41) is 2.29. The predicted octanol–water partition coefficient (Wildman–Crippen LogP) is 2.64. The Hall–Kier alpha value is -2.89. The molecule has 0 bridgehead atoms. The number of rotatable bonds is 4. The quantitative estimate of drug-likeness (QED) is 0.848. The van der Waals surface area contributed by atoms with Gasteiger partial charge in [0.05, 0.1) is 12.1 Å². The summed E-state index contributed by atoms with van der Waals surface area (Å²) >= 11 is 0. The first-order valence-corrected chi connectivity index (χ1v) is 6.26. The molecule has 0 aliphatic heterocycles. The van der Waals surface area contributed by atoms with Gasteiger partial charge in [-0.3, -0.25) is 4.79 Å². The number of nitrogens with one attached hydrogen (secondary N) is 1. The number of nitrogens with zero attached hydrogens (tertiary/aromatic N) is 1. The van der Waals surface area contributed by atoms with Crippen LogP contribution in [0.15, 0.2) is 54.6 Å². The number of halogens is 1. The second-order valence-electron chi connectivity index (χ2n) is 4.34. The molecule has 0 fully saturated rings. The molecule has 0 spiro atoms. The van der Waals surface area contributed by atoms with Gasteiger partial charge in [-0.15, -0.1) is 5.12 Å². The highest BCUT2D eigenvalue weighted by atomic mass is 19.2. The van der Waals surface area contributed by atoms with Crippen molar-refractivity contribution in [1.82, 2.24) is 0 Å². The van der Waals surface area contributed by atoms with Crippen LogP contribution in [0.3, 0.4) is 0 Å². The zero-order valence-electron chi connectivity index (χ0n) is 11.1. The summed E-state index contributed by atoms with van der Waals surface area (Å²) < 4.78 is 14.2. The predicted molar refractivity (Wildman–Crippen MR) is 78.4 cm³/mol. The monoisotopic (exact) mass is 287 g/mol. The second kappa shape index (κ2) is 6.51. The minimum atomic E-state index is -0.827. The fourth-order valence-corrected chi connectivity index (χ4v) is 1.86. The van der Waals surface area contributed by atoms with Crippen molar-refractivity contribution in [3.8, 4) is 0 Å². The van der Waals surface area contributed by atoms with Gasteiger partial charge >= 0.3 is 6.03 Å². The molecule has 0 heterocycles. The minimum Gasteiger partial charge on any atom is -0.351 e. The smallest absolute Gasteiger partial charge is 0.316 e. The van der Waals surface area contributed by atoms with E-state index in [0.717, 1.165) is 0 Å². The van der Waals surface area contributed by atoms with Crippen molar-refractivity contribution >= 4 is 23.3 Å². The van der Waals surface area contributed by atoms with Crippen molar-refractivity contribution in [3.05, 3.63) is 60.2 Å². The molecule has 108 valence electrons. The molecule has 3 amide bonds. The fraction of sp³-hybridized carbons (Fsp3) is 0.0667. The van der Waals surface area contributed by atoms with Crippen molar-refractivity contribution in [2.45, 2.75) is 6.42 Å². The Balaban J connectivity index is 2.17. The maximum Gasteiger partial charge on any atom is 0.316 e. The summed E-state index contributed by atoms with van der Waals surface area (Å²) in [6.45, 7) is 0. The third kappa shape index (κ3) is 3.79. The van der Waals surface area contributed by atoms with Gasteiger partial charge in [-0.05, 0) is 17.7 Å². The van der Waals surface area contributed by atoms with Crippen molar-refractivity contribution in [1.29, 1.82) is 0 Å². The molecule has 0 unspecified atom stereocenters. The van der Waals surface area contributed by atoms with Crippen molar-refractivity contribution in [3.63, 3.8) is 0 Å². The molecule has 2 aromatic carbocycles. The summed E-state index contributed by atoms with van der Waals surface area (Å²) in [6.07, 6.45) is -0.0811. The molecule has 0 aliphatic carbocycles. The van der Waals surface area contributed by atoms with Crippen molar-refractivity contribution < 1.29 is 14.1 Å². The Morgan fingerprint density at radius 2 is 1.67 bits per heavy atom. The van der Waals surface area contributed by atoms with Crippen LogP contribution < -0.4 is 16.2 Å². The lowest BCUT2D eigenvalue weighted by atomic mass is 10.1. The van der Waals surface area contributed by atoms with E-state index in [4.69, 9.17) is 5.73 Å². The van der Waals surface area contributed by atoms with Crippen LogP contribution >= 0.6 is 0 Å². The molecule has 0 aromatic heterocycles. The average Bonchev–Trinajstić information content (AvgIpc) is 2.47. The molecule has 0 aliphatic rings. The second-order valence-corrected chi connectivity index (χ2v) is 4.34. The number of nitrogens with two attached hydrogens (primary N) is 1. The number of amides is 3. The zero-order chi connectivity index (χ0) is 15.2. The maximum absolute atomic E-state index is 14.2. The number of primary amides is 1. The van der Waals surface area contributed by atoms with Gasteiger partial charge in [-0.25, -0.2) is 4.79 Å². The Kier molecular flexibility index (Phi) is 4.50. The van der Waals surface area contributed by atoms with E-state index in [0.29, 0.717) is 5.56 Å². The third-order valence-electron chi connectivity index (χ3n) is 2.79. The molecule has 5 nitrogen and oxygen atoms in total. The standard InChI is InChI=1S/C15H14FN3O2/c16-19(14(20)10-11-6-2-1-3-7-11)13-9-5-4-8-12(13)18-15(17)21/h1-9H,10H2,(H3,17,18,21). The van der Waals surface area contributed by atoms with Gasteiger partial charge in [0.2, 0.25) is 0 Å². The zero-order valence-corrected chi connectivity index (χ0v) is 11.1. The van der Waals surface area contributed by atoms with E-state index in [1.165, 1.54) is 12.1 Å². The van der Waals surface area contributed by atoms with Gasteiger partial charge in [0.25, 0.3) is 5.91 Å². The van der Waals surface area contributed by atoms with Crippen LogP contribution in [0.1, 0.15) is 5.56 Å². The Labute approximate surface area is 121 Å². The van der Waals surface area contributed by atoms with Crippen LogP contribution in [-0.4, -0.2) is 11.9 Å². The van der Waals surface area contributed by atoms with E-state index < -0.39 is 11.9 Å². The van der Waals surface area contributed by atoms with E-state index in [9.17, 15) is 14.1 Å². The lowest BCUT2D eigenvalue weighted by Crippen LogP contribution is -2.26. The topological polar surface area (TPSA) is 75.4 Å². The molecular formula is C15H14FN3O2. The highest BCUT2D eigenvalue weighted by Gasteiger charge is 2.19. The fourth-order valence-electron chi connectivity index (χ4n) is 1.86. The Bertz CT molecular complexity index is 646. The van der Waals surface area contributed by atoms with Gasteiger partial charge in [0.15, 0.2) is 0 Å². The molecule has 0 atom stereocenters. The van der Waals surface area contributed by atoms with E-state index in [1.807, 2.05) is 6.07 Å². The largest absolute Gasteiger partial charge is 0.351 e. The number of hydrogen-bond acceptors (Lipinski definition) is 2. The van der Waals surface area contributed by atoms with E-state index in [-0.39, 0.29) is 22.9 Å². The van der Waals surface area contributed by atoms with Gasteiger partial charge in [0, 0.05) is 0 Å². The SMILES string of the molecule is NC(=O)Nc1ccccc1N(F)C(=O)Cc1ccccc1. The van der Waals surface area contributed by atoms with E-state index in [1.54, 1.807) is 36.4 Å². The van der Waals surface area contributed by atoms with Crippen LogP contribution in [0.5, 0.6) is 0 Å². The Morgan fingerprint density at radius 3 is 2.33 bits per heavy atom. The average molecular weight is 287 g/mol. The summed E-state index contributed by atoms with van der Waals surface area (Å²) in [5.41, 5.74) is 5.79. The number of carbonyl (C=O) groups is 2. The lowest BCUT2D eigenvalue weighted by Gasteiger charge is -2.16. The molecule has 2 rings (SSSR count). The first-order valence-electron chi connectivity index (χ1n) is 6.26. The van der Waals surface area contributed by atoms with Gasteiger partial charge in [0.1, 0.15) is 5.69 Å². The maximum atomic E-state index is 14.2. The van der Waals surface area contributed by atoms with Crippen LogP contribution in [-0.2, 0) is 11.2 Å². The summed E-state index contributed by atoms with van der Waals surface area (Å²) in [6, 6.07) is 14.0. The van der Waals surface area contributed by atoms with E-state index >= 15 is 0 Å². The lowest BCUT2D eigenvalue weighted by molar-refractivity contribution is -0.120. The number of urea groups is 1. The summed E-state index contributed by atoms with van der Waals surface area (Å²) in [4.78, 5) is 22.8. The summed E-state index contributed by atoms with van der Waals surface area (Å²) in [5.74, 6) is -0.736. The number of benzene rings is 2. The molecule has 0 radical (unpaired) electrons. The van der Waals surface area contributed by atoms with E-state index in [2.05, 4.69) is 5.32 Å². The van der Waals surface area contributed by atoms with Crippen molar-refractivity contribution in [2.24, 2.45) is 5.73 Å². The van der Waals surface area contributed by atoms with Crippen LogP contribution in [0, 0.1) is 0 Å². The molecule has 2 aromatic rings. The molecule has 6 heteroatoms. The highest BCUT2D eigenvalue weighted by molar-refractivity contribution is 5.99.